The molecule has 1 saturated carbocycles. The largest absolute Gasteiger partial charge is 0.468 e. The van der Waals surface area contributed by atoms with Gasteiger partial charge in [-0.15, -0.1) is 0 Å². The molecule has 5 nitrogen and oxygen atoms in total. The van der Waals surface area contributed by atoms with Crippen molar-refractivity contribution in [1.82, 2.24) is 4.90 Å². The van der Waals surface area contributed by atoms with Crippen LogP contribution in [0, 0.1) is 11.3 Å². The minimum absolute atomic E-state index is 0.0746. The fourth-order valence-electron chi connectivity index (χ4n) is 6.86. The Balaban J connectivity index is 1.64. The summed E-state index contributed by atoms with van der Waals surface area (Å²) in [6.07, 6.45) is 11.8. The normalized spacial score (nSPS) is 31.4. The van der Waals surface area contributed by atoms with Crippen LogP contribution in [0.5, 0.6) is 0 Å². The molecule has 5 rings (SSSR count). The summed E-state index contributed by atoms with van der Waals surface area (Å²) in [6, 6.07) is 8.35. The molecule has 2 unspecified atom stereocenters. The lowest BCUT2D eigenvalue weighted by Crippen LogP contribution is -2.59. The third kappa shape index (κ3) is 4.95. The van der Waals surface area contributed by atoms with E-state index in [1.807, 2.05) is 45.1 Å². The molecule has 3 aliphatic heterocycles. The summed E-state index contributed by atoms with van der Waals surface area (Å²) in [5, 5.41) is 0. The van der Waals surface area contributed by atoms with Crippen molar-refractivity contribution in [2.45, 2.75) is 83.2 Å². The number of carbonyl (C=O) groups excluding carboxylic acids is 2. The third-order valence-electron chi connectivity index (χ3n) is 8.39. The van der Waals surface area contributed by atoms with Crippen LogP contribution in [0.3, 0.4) is 0 Å². The molecule has 2 atom stereocenters. The lowest BCUT2D eigenvalue weighted by Gasteiger charge is -2.58. The molecule has 2 bridgehead atoms. The van der Waals surface area contributed by atoms with Gasteiger partial charge in [0.15, 0.2) is 0 Å². The van der Waals surface area contributed by atoms with Crippen LogP contribution in [0.25, 0.3) is 6.08 Å². The number of benzene rings is 1. The zero-order valence-corrected chi connectivity index (χ0v) is 21.4. The predicted octanol–water partition coefficient (Wildman–Crippen LogP) is 5.52. The molecule has 3 saturated heterocycles. The fourth-order valence-corrected chi connectivity index (χ4v) is 6.86. The second-order valence-corrected chi connectivity index (χ2v) is 11.5. The Hall–Kier alpha value is -2.14. The summed E-state index contributed by atoms with van der Waals surface area (Å²) in [7, 11) is 1.54. The van der Waals surface area contributed by atoms with Gasteiger partial charge in [-0.05, 0) is 95.0 Å². The average molecular weight is 468 g/mol. The molecule has 4 aliphatic rings. The number of fused-ring (bicyclic) bond motifs is 3. The van der Waals surface area contributed by atoms with Gasteiger partial charge in [0.25, 0.3) is 0 Å². The SMILES string of the molecule is COC(=O)C1(c2cccc(/C=C/CC(=O)OC(C)(C)C)c2)CCCCC1C12CCN(CC1)CC2. The van der Waals surface area contributed by atoms with E-state index >= 15 is 0 Å². The number of hydrogen-bond donors (Lipinski definition) is 0. The predicted molar refractivity (Wildman–Crippen MR) is 134 cm³/mol. The molecular formula is C29H41NO4. The van der Waals surface area contributed by atoms with Crippen molar-refractivity contribution in [2.24, 2.45) is 11.3 Å². The molecule has 1 aromatic carbocycles. The Morgan fingerprint density at radius 3 is 2.44 bits per heavy atom. The van der Waals surface area contributed by atoms with Crippen molar-refractivity contribution in [2.75, 3.05) is 26.7 Å². The Kier molecular flexibility index (Phi) is 7.23. The van der Waals surface area contributed by atoms with Crippen LogP contribution in [0.4, 0.5) is 0 Å². The highest BCUT2D eigenvalue weighted by atomic mass is 16.6. The number of piperidine rings is 3. The lowest BCUT2D eigenvalue weighted by molar-refractivity contribution is -0.159. The van der Waals surface area contributed by atoms with Gasteiger partial charge in [-0.25, -0.2) is 0 Å². The molecule has 1 aliphatic carbocycles. The van der Waals surface area contributed by atoms with E-state index in [2.05, 4.69) is 17.0 Å². The molecule has 3 heterocycles. The van der Waals surface area contributed by atoms with Crippen LogP contribution in [0.1, 0.15) is 83.3 Å². The van der Waals surface area contributed by atoms with Crippen LogP contribution in [0.15, 0.2) is 30.3 Å². The van der Waals surface area contributed by atoms with E-state index in [0.717, 1.165) is 50.0 Å². The van der Waals surface area contributed by atoms with Crippen molar-refractivity contribution < 1.29 is 19.1 Å². The van der Waals surface area contributed by atoms with E-state index < -0.39 is 11.0 Å². The molecular weight excluding hydrogens is 426 g/mol. The second kappa shape index (κ2) is 9.85. The summed E-state index contributed by atoms with van der Waals surface area (Å²) in [4.78, 5) is 28.3. The monoisotopic (exact) mass is 467 g/mol. The summed E-state index contributed by atoms with van der Waals surface area (Å²) in [6.45, 7) is 9.09. The van der Waals surface area contributed by atoms with E-state index in [0.29, 0.717) is 5.92 Å². The second-order valence-electron chi connectivity index (χ2n) is 11.5. The van der Waals surface area contributed by atoms with Crippen LogP contribution in [-0.2, 0) is 24.5 Å². The first kappa shape index (κ1) is 25.0. The van der Waals surface area contributed by atoms with Crippen LogP contribution in [0.2, 0.25) is 0 Å². The maximum absolute atomic E-state index is 13.6. The standard InChI is InChI=1S/C29H41NO4/c1-27(2,3)34-25(31)13-8-10-22-9-7-11-23(21-22)29(26(32)33-4)14-6-5-12-24(29)28-15-18-30(19-16-28)20-17-28/h7-11,21,24H,5-6,12-20H2,1-4H3/b10-8+. The molecule has 0 N–H and O–H groups in total. The lowest BCUT2D eigenvalue weighted by atomic mass is 9.49. The highest BCUT2D eigenvalue weighted by molar-refractivity contribution is 5.84. The van der Waals surface area contributed by atoms with Gasteiger partial charge in [0, 0.05) is 0 Å². The van der Waals surface area contributed by atoms with Crippen molar-refractivity contribution in [3.8, 4) is 0 Å². The van der Waals surface area contributed by atoms with Crippen molar-refractivity contribution >= 4 is 18.0 Å². The van der Waals surface area contributed by atoms with Gasteiger partial charge in [-0.2, -0.15) is 0 Å². The molecule has 5 heteroatoms. The smallest absolute Gasteiger partial charge is 0.316 e. The number of ether oxygens (including phenoxy) is 2. The fraction of sp³-hybridized carbons (Fsp3) is 0.655. The van der Waals surface area contributed by atoms with Gasteiger partial charge < -0.3 is 14.4 Å². The zero-order valence-electron chi connectivity index (χ0n) is 21.4. The van der Waals surface area contributed by atoms with E-state index in [9.17, 15) is 9.59 Å². The quantitative estimate of drug-likeness (QED) is 0.516. The van der Waals surface area contributed by atoms with Crippen LogP contribution < -0.4 is 0 Å². The summed E-state index contributed by atoms with van der Waals surface area (Å²) in [5.41, 5.74) is 1.23. The zero-order chi connectivity index (χ0) is 24.4. The molecule has 186 valence electrons. The van der Waals surface area contributed by atoms with Crippen LogP contribution in [-0.4, -0.2) is 49.2 Å². The minimum atomic E-state index is -0.596. The van der Waals surface area contributed by atoms with Crippen molar-refractivity contribution in [3.05, 3.63) is 41.5 Å². The molecule has 0 aromatic heterocycles. The first-order valence-corrected chi connectivity index (χ1v) is 13.0. The van der Waals surface area contributed by atoms with Crippen molar-refractivity contribution in [1.29, 1.82) is 0 Å². The van der Waals surface area contributed by atoms with E-state index in [-0.39, 0.29) is 23.8 Å². The highest BCUT2D eigenvalue weighted by Crippen LogP contribution is 2.58. The number of rotatable bonds is 6. The topological polar surface area (TPSA) is 55.8 Å². The number of nitrogens with zero attached hydrogens (tertiary/aromatic N) is 1. The average Bonchev–Trinajstić information content (AvgIpc) is 2.83. The summed E-state index contributed by atoms with van der Waals surface area (Å²) >= 11 is 0. The van der Waals surface area contributed by atoms with Gasteiger partial charge >= 0.3 is 11.9 Å². The summed E-state index contributed by atoms with van der Waals surface area (Å²) in [5.74, 6) is 0.000117. The molecule has 4 fully saturated rings. The first-order chi connectivity index (χ1) is 16.2. The first-order valence-electron chi connectivity index (χ1n) is 13.0. The molecule has 1 aromatic rings. The number of hydrogen-bond acceptors (Lipinski definition) is 5. The minimum Gasteiger partial charge on any atom is -0.468 e. The van der Waals surface area contributed by atoms with Gasteiger partial charge in [0.1, 0.15) is 5.60 Å². The number of carbonyl (C=O) groups is 2. The van der Waals surface area contributed by atoms with Gasteiger partial charge in [-0.1, -0.05) is 49.3 Å². The maximum Gasteiger partial charge on any atom is 0.316 e. The number of esters is 2. The van der Waals surface area contributed by atoms with Crippen molar-refractivity contribution in [3.63, 3.8) is 0 Å². The van der Waals surface area contributed by atoms with Crippen LogP contribution >= 0.6 is 0 Å². The Bertz CT molecular complexity index is 909. The third-order valence-corrected chi connectivity index (χ3v) is 8.39. The van der Waals surface area contributed by atoms with E-state index in [4.69, 9.17) is 9.47 Å². The van der Waals surface area contributed by atoms with Gasteiger partial charge in [0.05, 0.1) is 18.9 Å². The summed E-state index contributed by atoms with van der Waals surface area (Å²) < 4.78 is 11.0. The number of methoxy groups -OCH3 is 1. The van der Waals surface area contributed by atoms with Gasteiger partial charge in [0.2, 0.25) is 0 Å². The molecule has 0 spiro atoms. The van der Waals surface area contributed by atoms with E-state index in [1.54, 1.807) is 7.11 Å². The molecule has 34 heavy (non-hydrogen) atoms. The molecule has 0 radical (unpaired) electrons. The molecule has 0 amide bonds. The highest BCUT2D eigenvalue weighted by Gasteiger charge is 2.58. The Morgan fingerprint density at radius 2 is 1.79 bits per heavy atom. The van der Waals surface area contributed by atoms with Gasteiger partial charge in [-0.3, -0.25) is 9.59 Å². The Labute approximate surface area is 204 Å². The van der Waals surface area contributed by atoms with E-state index in [1.165, 1.54) is 25.7 Å². The maximum atomic E-state index is 13.6. The Morgan fingerprint density at radius 1 is 1.09 bits per heavy atom.